The molecule has 1 atom stereocenters. The molecular weight excluding hydrogens is 324 g/mol. The molecule has 10 heteroatoms. The number of nitrogens with zero attached hydrogens (tertiary/aromatic N) is 1. The number of benzene rings is 1. The molecule has 21 heavy (non-hydrogen) atoms. The number of hydrogen-bond donors (Lipinski definition) is 1. The SMILES string of the molecule is COCC(CNS(=O)(=O)c1ccc(Cl)c([N+](=O)[O-])c1)OC. The van der Waals surface area contributed by atoms with Gasteiger partial charge in [0.1, 0.15) is 5.02 Å². The van der Waals surface area contributed by atoms with Gasteiger partial charge in [-0.2, -0.15) is 0 Å². The van der Waals surface area contributed by atoms with Gasteiger partial charge in [-0.15, -0.1) is 0 Å². The average Bonchev–Trinajstić information content (AvgIpc) is 2.43. The number of ether oxygens (including phenoxy) is 2. The number of sulfonamides is 1. The van der Waals surface area contributed by atoms with Crippen molar-refractivity contribution < 1.29 is 22.8 Å². The molecule has 0 aliphatic heterocycles. The van der Waals surface area contributed by atoms with Crippen LogP contribution >= 0.6 is 11.6 Å². The van der Waals surface area contributed by atoms with Crippen molar-refractivity contribution >= 4 is 27.3 Å². The average molecular weight is 339 g/mol. The molecule has 1 aromatic rings. The Morgan fingerprint density at radius 1 is 1.43 bits per heavy atom. The lowest BCUT2D eigenvalue weighted by Crippen LogP contribution is -2.35. The van der Waals surface area contributed by atoms with Crippen molar-refractivity contribution in [3.63, 3.8) is 0 Å². The Kier molecular flexibility index (Phi) is 6.49. The minimum Gasteiger partial charge on any atom is -0.382 e. The van der Waals surface area contributed by atoms with Crippen LogP contribution in [-0.4, -0.2) is 46.8 Å². The summed E-state index contributed by atoms with van der Waals surface area (Å²) in [4.78, 5) is 9.78. The molecule has 0 aliphatic carbocycles. The summed E-state index contributed by atoms with van der Waals surface area (Å²) in [6.07, 6.45) is -0.466. The first-order valence-electron chi connectivity index (χ1n) is 5.77. The number of hydrogen-bond acceptors (Lipinski definition) is 6. The number of methoxy groups -OCH3 is 2. The van der Waals surface area contributed by atoms with Crippen LogP contribution in [0.3, 0.4) is 0 Å². The topological polar surface area (TPSA) is 108 Å². The standard InChI is InChI=1S/C11H15ClN2O6S/c1-19-7-8(20-2)6-13-21(17,18)9-3-4-10(12)11(5-9)14(15)16/h3-5,8,13H,6-7H2,1-2H3. The molecule has 1 unspecified atom stereocenters. The first-order chi connectivity index (χ1) is 9.81. The Morgan fingerprint density at radius 2 is 2.10 bits per heavy atom. The van der Waals surface area contributed by atoms with E-state index in [4.69, 9.17) is 21.1 Å². The maximum Gasteiger partial charge on any atom is 0.289 e. The van der Waals surface area contributed by atoms with Crippen molar-refractivity contribution in [1.82, 2.24) is 4.72 Å². The van der Waals surface area contributed by atoms with Gasteiger partial charge in [-0.05, 0) is 12.1 Å². The number of rotatable bonds is 8. The fraction of sp³-hybridized carbons (Fsp3) is 0.455. The van der Waals surface area contributed by atoms with E-state index >= 15 is 0 Å². The zero-order valence-corrected chi connectivity index (χ0v) is 13.0. The second-order valence-electron chi connectivity index (χ2n) is 4.04. The molecule has 0 saturated heterocycles. The van der Waals surface area contributed by atoms with Crippen LogP contribution in [0.25, 0.3) is 0 Å². The smallest absolute Gasteiger partial charge is 0.289 e. The first-order valence-corrected chi connectivity index (χ1v) is 7.63. The van der Waals surface area contributed by atoms with Crippen molar-refractivity contribution in [2.75, 3.05) is 27.4 Å². The number of nitrogens with one attached hydrogen (secondary N) is 1. The van der Waals surface area contributed by atoms with E-state index in [1.165, 1.54) is 20.3 Å². The van der Waals surface area contributed by atoms with Crippen molar-refractivity contribution in [1.29, 1.82) is 0 Å². The lowest BCUT2D eigenvalue weighted by Gasteiger charge is -2.15. The largest absolute Gasteiger partial charge is 0.382 e. The number of nitro groups is 1. The lowest BCUT2D eigenvalue weighted by atomic mass is 10.3. The maximum absolute atomic E-state index is 12.1. The molecule has 1 N–H and O–H groups in total. The molecule has 118 valence electrons. The molecule has 0 bridgehead atoms. The zero-order valence-electron chi connectivity index (χ0n) is 11.4. The van der Waals surface area contributed by atoms with Crippen molar-refractivity contribution in [3.8, 4) is 0 Å². The summed E-state index contributed by atoms with van der Waals surface area (Å²) in [6, 6.07) is 3.26. The highest BCUT2D eigenvalue weighted by Gasteiger charge is 2.21. The Balaban J connectivity index is 2.93. The molecule has 0 fully saturated rings. The van der Waals surface area contributed by atoms with E-state index < -0.39 is 26.7 Å². The fourth-order valence-electron chi connectivity index (χ4n) is 1.48. The third-order valence-electron chi connectivity index (χ3n) is 2.61. The van der Waals surface area contributed by atoms with Gasteiger partial charge in [-0.25, -0.2) is 13.1 Å². The van der Waals surface area contributed by atoms with Crippen LogP contribution in [-0.2, 0) is 19.5 Å². The van der Waals surface area contributed by atoms with E-state index in [0.29, 0.717) is 0 Å². The van der Waals surface area contributed by atoms with Crippen LogP contribution in [0.2, 0.25) is 5.02 Å². The van der Waals surface area contributed by atoms with Crippen LogP contribution in [0.5, 0.6) is 0 Å². The summed E-state index contributed by atoms with van der Waals surface area (Å²) < 4.78 is 36.3. The van der Waals surface area contributed by atoms with Gasteiger partial charge in [0.2, 0.25) is 10.0 Å². The molecule has 1 aromatic carbocycles. The lowest BCUT2D eigenvalue weighted by molar-refractivity contribution is -0.384. The molecule has 0 aromatic heterocycles. The Labute approximate surface area is 127 Å². The van der Waals surface area contributed by atoms with Crippen LogP contribution in [0.4, 0.5) is 5.69 Å². The van der Waals surface area contributed by atoms with E-state index in [1.54, 1.807) is 0 Å². The number of nitro benzene ring substituents is 1. The van der Waals surface area contributed by atoms with Crippen LogP contribution in [0.15, 0.2) is 23.1 Å². The molecule has 0 radical (unpaired) electrons. The Morgan fingerprint density at radius 3 is 2.62 bits per heavy atom. The zero-order chi connectivity index (χ0) is 16.0. The summed E-state index contributed by atoms with van der Waals surface area (Å²) in [7, 11) is -1.02. The summed E-state index contributed by atoms with van der Waals surface area (Å²) in [5.41, 5.74) is -0.472. The van der Waals surface area contributed by atoms with Gasteiger partial charge >= 0.3 is 0 Å². The van der Waals surface area contributed by atoms with Crippen LogP contribution in [0.1, 0.15) is 0 Å². The van der Waals surface area contributed by atoms with E-state index in [0.717, 1.165) is 12.1 Å². The van der Waals surface area contributed by atoms with E-state index in [2.05, 4.69) is 4.72 Å². The van der Waals surface area contributed by atoms with Crippen molar-refractivity contribution in [2.45, 2.75) is 11.0 Å². The van der Waals surface area contributed by atoms with Gasteiger partial charge in [0.15, 0.2) is 0 Å². The normalized spacial score (nSPS) is 13.1. The highest BCUT2D eigenvalue weighted by atomic mass is 35.5. The molecule has 0 amide bonds. The van der Waals surface area contributed by atoms with Gasteiger partial charge in [0.25, 0.3) is 5.69 Å². The van der Waals surface area contributed by atoms with Gasteiger partial charge in [-0.3, -0.25) is 10.1 Å². The van der Waals surface area contributed by atoms with Crippen molar-refractivity contribution in [3.05, 3.63) is 33.3 Å². The summed E-state index contributed by atoms with van der Waals surface area (Å²) in [5.74, 6) is 0. The molecule has 8 nitrogen and oxygen atoms in total. The van der Waals surface area contributed by atoms with Gasteiger partial charge in [0.05, 0.1) is 22.5 Å². The quantitative estimate of drug-likeness (QED) is 0.563. The second kappa shape index (κ2) is 7.66. The molecule has 0 saturated carbocycles. The maximum atomic E-state index is 12.1. The van der Waals surface area contributed by atoms with Crippen molar-refractivity contribution in [2.24, 2.45) is 0 Å². The molecule has 0 aliphatic rings. The van der Waals surface area contributed by atoms with Crippen LogP contribution in [0, 0.1) is 10.1 Å². The predicted octanol–water partition coefficient (Wildman–Crippen LogP) is 1.19. The molecule has 1 rings (SSSR count). The first kappa shape index (κ1) is 17.8. The highest BCUT2D eigenvalue weighted by molar-refractivity contribution is 7.89. The Bertz CT molecular complexity index is 607. The van der Waals surface area contributed by atoms with Gasteiger partial charge < -0.3 is 9.47 Å². The molecule has 0 spiro atoms. The summed E-state index contributed by atoms with van der Waals surface area (Å²) >= 11 is 5.64. The van der Waals surface area contributed by atoms with Gasteiger partial charge in [0, 0.05) is 26.8 Å². The monoisotopic (exact) mass is 338 g/mol. The third kappa shape index (κ3) is 4.90. The molecule has 0 heterocycles. The van der Waals surface area contributed by atoms with Gasteiger partial charge in [-0.1, -0.05) is 11.6 Å². The van der Waals surface area contributed by atoms with E-state index in [-0.39, 0.29) is 23.1 Å². The summed E-state index contributed by atoms with van der Waals surface area (Å²) in [6.45, 7) is 0.183. The summed E-state index contributed by atoms with van der Waals surface area (Å²) in [5, 5.41) is 10.6. The highest BCUT2D eigenvalue weighted by Crippen LogP contribution is 2.26. The Hall–Kier alpha value is -1.26. The fourth-order valence-corrected chi connectivity index (χ4v) is 2.75. The van der Waals surface area contributed by atoms with E-state index in [9.17, 15) is 18.5 Å². The van der Waals surface area contributed by atoms with E-state index in [1.807, 2.05) is 0 Å². The predicted molar refractivity (Wildman–Crippen MR) is 76.0 cm³/mol. The minimum atomic E-state index is -3.91. The van der Waals surface area contributed by atoms with Crippen LogP contribution < -0.4 is 4.72 Å². The molecular formula is C11H15ClN2O6S. The second-order valence-corrected chi connectivity index (χ2v) is 6.21. The third-order valence-corrected chi connectivity index (χ3v) is 4.35. The number of halogens is 1. The minimum absolute atomic E-state index is 0.0247.